The molecule has 28 heavy (non-hydrogen) atoms. The summed E-state index contributed by atoms with van der Waals surface area (Å²) in [4.78, 5) is 16.6. The van der Waals surface area contributed by atoms with Crippen molar-refractivity contribution in [2.24, 2.45) is 11.3 Å². The summed E-state index contributed by atoms with van der Waals surface area (Å²) in [7, 11) is 1.62. The first-order chi connectivity index (χ1) is 13.7. The van der Waals surface area contributed by atoms with Crippen LogP contribution < -0.4 is 20.1 Å². The van der Waals surface area contributed by atoms with Crippen LogP contribution in [0.15, 0.2) is 42.7 Å². The number of carbonyl (C=O) groups excluding carboxylic acids is 1. The summed E-state index contributed by atoms with van der Waals surface area (Å²) < 4.78 is 11.3. The number of nitrogens with one attached hydrogen (secondary N) is 2. The maximum absolute atomic E-state index is 12.5. The minimum Gasteiger partial charge on any atom is -0.493 e. The van der Waals surface area contributed by atoms with Gasteiger partial charge in [-0.3, -0.25) is 9.78 Å². The smallest absolute Gasteiger partial charge is 0.223 e. The molecule has 1 saturated carbocycles. The van der Waals surface area contributed by atoms with Crippen LogP contribution >= 0.6 is 0 Å². The third-order valence-electron chi connectivity index (χ3n) is 5.92. The third-order valence-corrected chi connectivity index (χ3v) is 5.92. The minimum absolute atomic E-state index is 0.178. The highest BCUT2D eigenvalue weighted by molar-refractivity contribution is 5.82. The summed E-state index contributed by atoms with van der Waals surface area (Å²) in [6, 6.07) is 9.63. The van der Waals surface area contributed by atoms with Crippen molar-refractivity contribution in [1.82, 2.24) is 15.6 Å². The van der Waals surface area contributed by atoms with Crippen LogP contribution in [0.2, 0.25) is 0 Å². The van der Waals surface area contributed by atoms with E-state index < -0.39 is 0 Å². The average Bonchev–Trinajstić information content (AvgIpc) is 3.44. The number of ether oxygens (including phenoxy) is 2. The summed E-state index contributed by atoms with van der Waals surface area (Å²) in [6.07, 6.45) is 6.78. The average molecular weight is 381 g/mol. The van der Waals surface area contributed by atoms with Crippen LogP contribution in [0.5, 0.6) is 11.5 Å². The fourth-order valence-electron chi connectivity index (χ4n) is 4.09. The van der Waals surface area contributed by atoms with Crippen LogP contribution in [0.25, 0.3) is 0 Å². The third kappa shape index (κ3) is 4.12. The van der Waals surface area contributed by atoms with Crippen molar-refractivity contribution in [3.05, 3.63) is 53.9 Å². The quantitative estimate of drug-likeness (QED) is 0.772. The van der Waals surface area contributed by atoms with Gasteiger partial charge in [0.05, 0.1) is 7.11 Å². The topological polar surface area (TPSA) is 72.5 Å². The van der Waals surface area contributed by atoms with Gasteiger partial charge in [-0.05, 0) is 61.5 Å². The normalized spacial score (nSPS) is 19.8. The van der Waals surface area contributed by atoms with Gasteiger partial charge in [-0.15, -0.1) is 0 Å². The number of hydrogen-bond acceptors (Lipinski definition) is 5. The van der Waals surface area contributed by atoms with Crippen molar-refractivity contribution >= 4 is 5.91 Å². The van der Waals surface area contributed by atoms with Gasteiger partial charge in [0, 0.05) is 30.4 Å². The zero-order valence-electron chi connectivity index (χ0n) is 16.2. The van der Waals surface area contributed by atoms with Crippen molar-refractivity contribution in [3.63, 3.8) is 0 Å². The summed E-state index contributed by atoms with van der Waals surface area (Å²) in [5.41, 5.74) is 2.26. The Bertz CT molecular complexity index is 819. The van der Waals surface area contributed by atoms with Gasteiger partial charge in [0.2, 0.25) is 5.91 Å². The SMILES string of the molecule is COc1cc(CNC(=O)C2CC23CCNCC3)ccc1OCc1cccnc1. The molecule has 1 spiro atoms. The second-order valence-corrected chi connectivity index (χ2v) is 7.72. The number of pyridine rings is 1. The second-order valence-electron chi connectivity index (χ2n) is 7.72. The zero-order valence-corrected chi connectivity index (χ0v) is 16.2. The fraction of sp³-hybridized carbons (Fsp3) is 0.455. The summed E-state index contributed by atoms with van der Waals surface area (Å²) in [5.74, 6) is 1.70. The van der Waals surface area contributed by atoms with Crippen LogP contribution in [0.3, 0.4) is 0 Å². The Morgan fingerprint density at radius 2 is 2.11 bits per heavy atom. The monoisotopic (exact) mass is 381 g/mol. The van der Waals surface area contributed by atoms with E-state index in [1.807, 2.05) is 30.3 Å². The van der Waals surface area contributed by atoms with Gasteiger partial charge in [-0.1, -0.05) is 12.1 Å². The summed E-state index contributed by atoms with van der Waals surface area (Å²) in [6.45, 7) is 2.99. The molecule has 1 aliphatic carbocycles. The standard InChI is InChI=1S/C22H27N3O3/c1-27-20-11-16(4-5-19(20)28-15-17-3-2-8-24-13-17)14-25-21(26)18-12-22(18)6-9-23-10-7-22/h2-5,8,11,13,18,23H,6-7,9-10,12,14-15H2,1H3,(H,25,26). The van der Waals surface area contributed by atoms with Gasteiger partial charge >= 0.3 is 0 Å². The molecule has 1 aliphatic heterocycles. The molecule has 2 fully saturated rings. The Morgan fingerprint density at radius 1 is 1.25 bits per heavy atom. The predicted molar refractivity (Wildman–Crippen MR) is 106 cm³/mol. The Labute approximate surface area is 165 Å². The van der Waals surface area contributed by atoms with Gasteiger partial charge in [0.25, 0.3) is 0 Å². The van der Waals surface area contributed by atoms with Crippen molar-refractivity contribution < 1.29 is 14.3 Å². The molecule has 1 saturated heterocycles. The zero-order chi connectivity index (χ0) is 19.4. The van der Waals surface area contributed by atoms with Crippen LogP contribution in [-0.2, 0) is 17.9 Å². The van der Waals surface area contributed by atoms with E-state index in [9.17, 15) is 4.79 Å². The Balaban J connectivity index is 1.32. The summed E-state index contributed by atoms with van der Waals surface area (Å²) in [5, 5.41) is 6.47. The molecule has 148 valence electrons. The van der Waals surface area contributed by atoms with Crippen molar-refractivity contribution in [2.45, 2.75) is 32.4 Å². The molecule has 1 atom stereocenters. The predicted octanol–water partition coefficient (Wildman–Crippen LogP) is 2.68. The Hall–Kier alpha value is -2.60. The lowest BCUT2D eigenvalue weighted by atomic mass is 9.92. The first kappa shape index (κ1) is 18.7. The number of benzene rings is 1. The number of nitrogens with zero attached hydrogens (tertiary/aromatic N) is 1. The van der Waals surface area contributed by atoms with E-state index in [1.54, 1.807) is 19.5 Å². The highest BCUT2D eigenvalue weighted by atomic mass is 16.5. The molecular formula is C22H27N3O3. The highest BCUT2D eigenvalue weighted by Gasteiger charge is 2.57. The van der Waals surface area contributed by atoms with Gasteiger partial charge in [0.1, 0.15) is 6.61 Å². The van der Waals surface area contributed by atoms with E-state index in [1.165, 1.54) is 0 Å². The Morgan fingerprint density at radius 3 is 2.86 bits per heavy atom. The van der Waals surface area contributed by atoms with E-state index in [0.29, 0.717) is 24.7 Å². The van der Waals surface area contributed by atoms with E-state index in [2.05, 4.69) is 15.6 Å². The molecule has 4 rings (SSSR count). The molecular weight excluding hydrogens is 354 g/mol. The Kier molecular flexibility index (Phi) is 5.48. The molecule has 2 aromatic rings. The molecule has 1 aromatic carbocycles. The van der Waals surface area contributed by atoms with E-state index >= 15 is 0 Å². The molecule has 6 heteroatoms. The number of methoxy groups -OCH3 is 1. The second kappa shape index (κ2) is 8.19. The fourth-order valence-corrected chi connectivity index (χ4v) is 4.09. The number of hydrogen-bond donors (Lipinski definition) is 2. The van der Waals surface area contributed by atoms with Crippen LogP contribution in [-0.4, -0.2) is 31.1 Å². The number of aromatic nitrogens is 1. The molecule has 0 bridgehead atoms. The number of amides is 1. The summed E-state index contributed by atoms with van der Waals surface area (Å²) >= 11 is 0. The van der Waals surface area contributed by atoms with Crippen molar-refractivity contribution in [3.8, 4) is 11.5 Å². The van der Waals surface area contributed by atoms with Crippen LogP contribution in [0, 0.1) is 11.3 Å². The van der Waals surface area contributed by atoms with Crippen molar-refractivity contribution in [1.29, 1.82) is 0 Å². The highest BCUT2D eigenvalue weighted by Crippen LogP contribution is 2.58. The van der Waals surface area contributed by atoms with Crippen LogP contribution in [0.1, 0.15) is 30.4 Å². The molecule has 6 nitrogen and oxygen atoms in total. The van der Waals surface area contributed by atoms with Crippen LogP contribution in [0.4, 0.5) is 0 Å². The first-order valence-electron chi connectivity index (χ1n) is 9.87. The molecule has 2 aliphatic rings. The van der Waals surface area contributed by atoms with E-state index in [0.717, 1.165) is 43.5 Å². The lowest BCUT2D eigenvalue weighted by Crippen LogP contribution is -2.33. The number of piperidine rings is 1. The molecule has 1 aromatic heterocycles. The molecule has 2 heterocycles. The van der Waals surface area contributed by atoms with E-state index in [-0.39, 0.29) is 17.2 Å². The van der Waals surface area contributed by atoms with Crippen molar-refractivity contribution in [2.75, 3.05) is 20.2 Å². The lowest BCUT2D eigenvalue weighted by molar-refractivity contribution is -0.123. The largest absolute Gasteiger partial charge is 0.493 e. The molecule has 1 unspecified atom stereocenters. The maximum atomic E-state index is 12.5. The number of rotatable bonds is 7. The molecule has 1 amide bonds. The lowest BCUT2D eigenvalue weighted by Gasteiger charge is -2.23. The maximum Gasteiger partial charge on any atom is 0.223 e. The number of carbonyl (C=O) groups is 1. The van der Waals surface area contributed by atoms with Gasteiger partial charge < -0.3 is 20.1 Å². The van der Waals surface area contributed by atoms with Gasteiger partial charge in [0.15, 0.2) is 11.5 Å². The van der Waals surface area contributed by atoms with Gasteiger partial charge in [-0.2, -0.15) is 0 Å². The molecule has 0 radical (unpaired) electrons. The van der Waals surface area contributed by atoms with Gasteiger partial charge in [-0.25, -0.2) is 0 Å². The molecule has 2 N–H and O–H groups in total. The van der Waals surface area contributed by atoms with E-state index in [4.69, 9.17) is 9.47 Å². The first-order valence-corrected chi connectivity index (χ1v) is 9.87. The minimum atomic E-state index is 0.178.